The second-order valence-corrected chi connectivity index (χ2v) is 4.29. The van der Waals surface area contributed by atoms with Crippen molar-refractivity contribution < 1.29 is 19.1 Å². The minimum absolute atomic E-state index is 0.394. The summed E-state index contributed by atoms with van der Waals surface area (Å²) < 4.78 is 10.9. The van der Waals surface area contributed by atoms with E-state index in [1.165, 1.54) is 13.8 Å². The van der Waals surface area contributed by atoms with E-state index in [2.05, 4.69) is 22.6 Å². The standard InChI is InChI=1S/C10H11IO4/c1-6(12)14-9-5-3-4-8(11)10(9)15-7(2)13/h3-5,9-10H,1-2H3/t9-,10+/m0/s1. The summed E-state index contributed by atoms with van der Waals surface area (Å²) in [7, 11) is 0. The summed E-state index contributed by atoms with van der Waals surface area (Å²) in [4.78, 5) is 21.7. The Morgan fingerprint density at radius 1 is 1.27 bits per heavy atom. The number of ether oxygens (including phenoxy) is 2. The van der Waals surface area contributed by atoms with E-state index in [0.717, 1.165) is 3.58 Å². The molecule has 0 aromatic heterocycles. The van der Waals surface area contributed by atoms with E-state index in [0.29, 0.717) is 0 Å². The fraction of sp³-hybridized carbons (Fsp3) is 0.400. The second-order valence-electron chi connectivity index (χ2n) is 3.04. The number of rotatable bonds is 2. The zero-order valence-electron chi connectivity index (χ0n) is 8.40. The van der Waals surface area contributed by atoms with Crippen molar-refractivity contribution >= 4 is 34.5 Å². The molecule has 0 unspecified atom stereocenters. The van der Waals surface area contributed by atoms with Crippen LogP contribution in [0.15, 0.2) is 21.8 Å². The van der Waals surface area contributed by atoms with Crippen LogP contribution >= 0.6 is 22.6 Å². The van der Waals surface area contributed by atoms with Crippen molar-refractivity contribution in [2.45, 2.75) is 26.1 Å². The van der Waals surface area contributed by atoms with Gasteiger partial charge in [-0.25, -0.2) is 0 Å². The van der Waals surface area contributed by atoms with Crippen LogP contribution in [0.4, 0.5) is 0 Å². The van der Waals surface area contributed by atoms with E-state index in [4.69, 9.17) is 9.47 Å². The highest BCUT2D eigenvalue weighted by Crippen LogP contribution is 2.25. The van der Waals surface area contributed by atoms with Crippen molar-refractivity contribution in [3.8, 4) is 0 Å². The average molecular weight is 322 g/mol. The van der Waals surface area contributed by atoms with E-state index in [-0.39, 0.29) is 0 Å². The van der Waals surface area contributed by atoms with Gasteiger partial charge in [-0.2, -0.15) is 0 Å². The molecule has 0 heterocycles. The summed E-state index contributed by atoms with van der Waals surface area (Å²) in [5, 5.41) is 0. The van der Waals surface area contributed by atoms with Gasteiger partial charge < -0.3 is 9.47 Å². The van der Waals surface area contributed by atoms with Crippen LogP contribution in [0.3, 0.4) is 0 Å². The maximum Gasteiger partial charge on any atom is 0.303 e. The number of halogens is 1. The van der Waals surface area contributed by atoms with Gasteiger partial charge in [0.05, 0.1) is 0 Å². The SMILES string of the molecule is CC(=O)O[C@H]1C=CC=C(I)[C@H]1OC(C)=O. The van der Waals surface area contributed by atoms with Crippen LogP contribution in [-0.4, -0.2) is 24.1 Å². The number of esters is 2. The summed E-state index contributed by atoms with van der Waals surface area (Å²) in [6.07, 6.45) is 4.24. The first-order chi connectivity index (χ1) is 7.00. The van der Waals surface area contributed by atoms with Gasteiger partial charge in [0, 0.05) is 17.4 Å². The van der Waals surface area contributed by atoms with E-state index < -0.39 is 24.1 Å². The van der Waals surface area contributed by atoms with Gasteiger partial charge in [0.25, 0.3) is 0 Å². The van der Waals surface area contributed by atoms with Gasteiger partial charge in [0.2, 0.25) is 0 Å². The number of hydrogen-bond donors (Lipinski definition) is 0. The lowest BCUT2D eigenvalue weighted by molar-refractivity contribution is -0.158. The molecule has 1 aliphatic rings. The molecule has 0 aromatic carbocycles. The van der Waals surface area contributed by atoms with E-state index in [1.807, 2.05) is 6.08 Å². The normalized spacial score (nSPS) is 24.3. The summed E-state index contributed by atoms with van der Waals surface area (Å²) >= 11 is 2.06. The first-order valence-electron chi connectivity index (χ1n) is 4.39. The van der Waals surface area contributed by atoms with Gasteiger partial charge in [-0.15, -0.1) is 0 Å². The zero-order valence-corrected chi connectivity index (χ0v) is 10.6. The third-order valence-corrected chi connectivity index (χ3v) is 2.69. The maximum atomic E-state index is 10.9. The van der Waals surface area contributed by atoms with Crippen molar-refractivity contribution in [1.29, 1.82) is 0 Å². The van der Waals surface area contributed by atoms with Gasteiger partial charge in [-0.05, 0) is 34.7 Å². The van der Waals surface area contributed by atoms with E-state index >= 15 is 0 Å². The first kappa shape index (κ1) is 12.2. The van der Waals surface area contributed by atoms with Crippen LogP contribution in [0.1, 0.15) is 13.8 Å². The van der Waals surface area contributed by atoms with Crippen molar-refractivity contribution in [3.05, 3.63) is 21.8 Å². The number of hydrogen-bond acceptors (Lipinski definition) is 4. The Labute approximate surface area is 101 Å². The topological polar surface area (TPSA) is 52.6 Å². The molecule has 82 valence electrons. The van der Waals surface area contributed by atoms with Crippen LogP contribution in [0.5, 0.6) is 0 Å². The van der Waals surface area contributed by atoms with Gasteiger partial charge in [0.1, 0.15) is 0 Å². The summed E-state index contributed by atoms with van der Waals surface area (Å²) in [5.74, 6) is -0.789. The molecular weight excluding hydrogens is 311 g/mol. The van der Waals surface area contributed by atoms with Crippen molar-refractivity contribution in [2.24, 2.45) is 0 Å². The highest BCUT2D eigenvalue weighted by molar-refractivity contribution is 14.1. The summed E-state index contributed by atoms with van der Waals surface area (Å²) in [6.45, 7) is 2.65. The Bertz CT molecular complexity index is 332. The van der Waals surface area contributed by atoms with Crippen LogP contribution in [0.25, 0.3) is 0 Å². The predicted molar refractivity (Wildman–Crippen MR) is 62.4 cm³/mol. The highest BCUT2D eigenvalue weighted by atomic mass is 127. The third kappa shape index (κ3) is 3.65. The second kappa shape index (κ2) is 5.29. The summed E-state index contributed by atoms with van der Waals surface area (Å²) in [5.41, 5.74) is 0. The van der Waals surface area contributed by atoms with Gasteiger partial charge in [0.15, 0.2) is 12.2 Å². The molecule has 0 amide bonds. The molecule has 0 spiro atoms. The van der Waals surface area contributed by atoms with Crippen molar-refractivity contribution in [2.75, 3.05) is 0 Å². The molecule has 0 bridgehead atoms. The third-order valence-electron chi connectivity index (χ3n) is 1.72. The van der Waals surface area contributed by atoms with Gasteiger partial charge in [-0.3, -0.25) is 9.59 Å². The lowest BCUT2D eigenvalue weighted by Crippen LogP contribution is -2.34. The zero-order chi connectivity index (χ0) is 11.4. The molecular formula is C10H11IO4. The quantitative estimate of drug-likeness (QED) is 0.574. The number of carbonyl (C=O) groups excluding carboxylic acids is 2. The molecule has 0 saturated heterocycles. The van der Waals surface area contributed by atoms with Crippen LogP contribution in [0.2, 0.25) is 0 Å². The molecule has 0 N–H and O–H groups in total. The molecule has 0 aromatic rings. The molecule has 4 nitrogen and oxygen atoms in total. The maximum absolute atomic E-state index is 10.9. The van der Waals surface area contributed by atoms with E-state index in [1.54, 1.807) is 12.2 Å². The molecule has 0 radical (unpaired) electrons. The minimum atomic E-state index is -0.525. The average Bonchev–Trinajstić information content (AvgIpc) is 2.09. The van der Waals surface area contributed by atoms with Gasteiger partial charge >= 0.3 is 11.9 Å². The monoisotopic (exact) mass is 322 g/mol. The molecule has 0 aliphatic heterocycles. The molecule has 5 heteroatoms. The first-order valence-corrected chi connectivity index (χ1v) is 5.47. The molecule has 2 atom stereocenters. The van der Waals surface area contributed by atoms with Gasteiger partial charge in [-0.1, -0.05) is 6.08 Å². The fourth-order valence-electron chi connectivity index (χ4n) is 1.20. The van der Waals surface area contributed by atoms with Crippen molar-refractivity contribution in [1.82, 2.24) is 0 Å². The minimum Gasteiger partial charge on any atom is -0.454 e. The Balaban J connectivity index is 2.76. The molecule has 0 fully saturated rings. The van der Waals surface area contributed by atoms with Crippen LogP contribution in [0, 0.1) is 0 Å². The highest BCUT2D eigenvalue weighted by Gasteiger charge is 2.29. The Morgan fingerprint density at radius 2 is 1.87 bits per heavy atom. The number of allylic oxidation sites excluding steroid dienone is 2. The summed E-state index contributed by atoms with van der Waals surface area (Å²) in [6, 6.07) is 0. The van der Waals surface area contributed by atoms with Crippen LogP contribution in [-0.2, 0) is 19.1 Å². The Kier molecular flexibility index (Phi) is 4.31. The molecule has 1 aliphatic carbocycles. The Hall–Kier alpha value is -0.850. The largest absolute Gasteiger partial charge is 0.454 e. The lowest BCUT2D eigenvalue weighted by Gasteiger charge is -2.25. The van der Waals surface area contributed by atoms with Crippen molar-refractivity contribution in [3.63, 3.8) is 0 Å². The predicted octanol–water partition coefficient (Wildman–Crippen LogP) is 1.74. The fourth-order valence-corrected chi connectivity index (χ4v) is 1.89. The van der Waals surface area contributed by atoms with E-state index in [9.17, 15) is 9.59 Å². The van der Waals surface area contributed by atoms with Crippen LogP contribution < -0.4 is 0 Å². The molecule has 1 rings (SSSR count). The lowest BCUT2D eigenvalue weighted by atomic mass is 10.1. The Morgan fingerprint density at radius 3 is 2.40 bits per heavy atom. The number of carbonyl (C=O) groups is 2. The molecule has 15 heavy (non-hydrogen) atoms. The molecule has 0 saturated carbocycles. The smallest absolute Gasteiger partial charge is 0.303 e.